The molecule has 0 radical (unpaired) electrons. The Kier molecular flexibility index (Phi) is 6.52. The lowest BCUT2D eigenvalue weighted by Crippen LogP contribution is -2.54. The fourth-order valence-electron chi connectivity index (χ4n) is 5.79. The second-order valence-corrected chi connectivity index (χ2v) is 14.5. The number of rotatable bonds is 6. The van der Waals surface area contributed by atoms with E-state index in [1.165, 1.54) is 19.1 Å². The molecule has 138 valence electrons. The predicted molar refractivity (Wildman–Crippen MR) is 105 cm³/mol. The molecule has 5 atom stereocenters. The highest BCUT2D eigenvalue weighted by molar-refractivity contribution is 6.77. The van der Waals surface area contributed by atoms with Crippen LogP contribution in [0.2, 0.25) is 16.6 Å². The fraction of sp³-hybridized carbons (Fsp3) is 0.857. The largest absolute Gasteiger partial charge is 0.413 e. The zero-order valence-corrected chi connectivity index (χ0v) is 17.8. The van der Waals surface area contributed by atoms with E-state index in [2.05, 4.69) is 60.6 Å². The van der Waals surface area contributed by atoms with Gasteiger partial charge >= 0.3 is 0 Å². The number of allylic oxidation sites excluding steroid dienone is 2. The summed E-state index contributed by atoms with van der Waals surface area (Å²) >= 11 is 0. The number of hydrogen-bond donors (Lipinski definition) is 0. The molecule has 0 aliphatic heterocycles. The van der Waals surface area contributed by atoms with Crippen molar-refractivity contribution in [3.63, 3.8) is 0 Å². The molecular weight excluding hydrogens is 312 g/mol. The van der Waals surface area contributed by atoms with Gasteiger partial charge in [0.05, 0.1) is 0 Å². The van der Waals surface area contributed by atoms with Gasteiger partial charge in [0, 0.05) is 17.9 Å². The van der Waals surface area contributed by atoms with Gasteiger partial charge in [0.25, 0.3) is 0 Å². The van der Waals surface area contributed by atoms with Crippen LogP contribution in [0.25, 0.3) is 0 Å². The molecule has 0 saturated heterocycles. The maximum absolute atomic E-state index is 11.9. The number of hydrogen-bond acceptors (Lipinski definition) is 2. The molecule has 24 heavy (non-hydrogen) atoms. The average Bonchev–Trinajstić information content (AvgIpc) is 2.51. The Bertz CT molecular complexity index is 433. The Morgan fingerprint density at radius 3 is 2.08 bits per heavy atom. The van der Waals surface area contributed by atoms with Gasteiger partial charge in [-0.3, -0.25) is 0 Å². The number of carbonyl (C=O) groups excluding carboxylic acids is 1. The van der Waals surface area contributed by atoms with Crippen LogP contribution < -0.4 is 0 Å². The Morgan fingerprint density at radius 2 is 1.58 bits per heavy atom. The average molecular weight is 351 g/mol. The molecule has 0 spiro atoms. The van der Waals surface area contributed by atoms with Crippen LogP contribution in [0, 0.1) is 23.7 Å². The van der Waals surface area contributed by atoms with Crippen molar-refractivity contribution in [3.8, 4) is 0 Å². The minimum absolute atomic E-state index is 0.128. The molecule has 0 heterocycles. The van der Waals surface area contributed by atoms with Crippen LogP contribution in [0.15, 0.2) is 12.2 Å². The van der Waals surface area contributed by atoms with Crippen LogP contribution in [0.5, 0.6) is 0 Å². The maximum atomic E-state index is 11.9. The van der Waals surface area contributed by atoms with Gasteiger partial charge in [0.15, 0.2) is 0 Å². The highest BCUT2D eigenvalue weighted by Crippen LogP contribution is 2.49. The predicted octanol–water partition coefficient (Wildman–Crippen LogP) is 5.98. The molecule has 1 fully saturated rings. The third-order valence-corrected chi connectivity index (χ3v) is 13.0. The normalized spacial score (nSPS) is 34.0. The molecule has 1 saturated carbocycles. The summed E-state index contributed by atoms with van der Waals surface area (Å²) in [5, 5.41) is 0. The summed E-state index contributed by atoms with van der Waals surface area (Å²) in [4.78, 5) is 11.9. The van der Waals surface area contributed by atoms with E-state index in [4.69, 9.17) is 4.43 Å². The fourth-order valence-corrected chi connectivity index (χ4v) is 11.4. The van der Waals surface area contributed by atoms with Crippen molar-refractivity contribution in [1.29, 1.82) is 0 Å². The van der Waals surface area contributed by atoms with E-state index in [1.54, 1.807) is 0 Å². The van der Waals surface area contributed by atoms with E-state index in [9.17, 15) is 4.79 Å². The molecule has 0 amide bonds. The molecule has 3 heteroatoms. The van der Waals surface area contributed by atoms with Crippen LogP contribution in [0.3, 0.4) is 0 Å². The van der Waals surface area contributed by atoms with E-state index >= 15 is 0 Å². The third-order valence-electron chi connectivity index (χ3n) is 6.88. The molecule has 0 N–H and O–H groups in total. The molecule has 0 aromatic rings. The molecule has 0 aromatic carbocycles. The molecule has 2 aliphatic carbocycles. The van der Waals surface area contributed by atoms with Gasteiger partial charge in [-0.15, -0.1) is 0 Å². The van der Waals surface area contributed by atoms with Crippen molar-refractivity contribution >= 4 is 14.6 Å². The first kappa shape index (κ1) is 19.9. The van der Waals surface area contributed by atoms with Crippen molar-refractivity contribution in [3.05, 3.63) is 12.2 Å². The lowest BCUT2D eigenvalue weighted by atomic mass is 9.64. The highest BCUT2D eigenvalue weighted by Gasteiger charge is 2.50. The van der Waals surface area contributed by atoms with E-state index in [0.29, 0.717) is 34.4 Å². The van der Waals surface area contributed by atoms with Crippen molar-refractivity contribution in [1.82, 2.24) is 0 Å². The lowest BCUT2D eigenvalue weighted by molar-refractivity contribution is -0.117. The Hall–Kier alpha value is -0.413. The zero-order valence-electron chi connectivity index (χ0n) is 16.8. The van der Waals surface area contributed by atoms with Gasteiger partial charge in [0.2, 0.25) is 8.32 Å². The van der Waals surface area contributed by atoms with Gasteiger partial charge in [-0.1, -0.05) is 67.0 Å². The summed E-state index contributed by atoms with van der Waals surface area (Å²) in [6.45, 7) is 16.3. The van der Waals surface area contributed by atoms with E-state index in [-0.39, 0.29) is 12.0 Å². The Morgan fingerprint density at radius 1 is 1.00 bits per heavy atom. The highest BCUT2D eigenvalue weighted by atomic mass is 28.4. The second kappa shape index (κ2) is 7.86. The first-order valence-corrected chi connectivity index (χ1v) is 12.2. The summed E-state index contributed by atoms with van der Waals surface area (Å²) in [6.07, 6.45) is 9.72. The first-order chi connectivity index (χ1) is 11.3. The molecule has 2 aliphatic rings. The van der Waals surface area contributed by atoms with Crippen LogP contribution >= 0.6 is 0 Å². The number of aldehydes is 1. The number of carbonyl (C=O) groups is 1. The van der Waals surface area contributed by atoms with Crippen molar-refractivity contribution in [2.75, 3.05) is 0 Å². The second-order valence-electron chi connectivity index (χ2n) is 9.10. The van der Waals surface area contributed by atoms with Crippen LogP contribution in [-0.2, 0) is 9.22 Å². The van der Waals surface area contributed by atoms with Gasteiger partial charge < -0.3 is 9.22 Å². The summed E-state index contributed by atoms with van der Waals surface area (Å²) in [7, 11) is -1.90. The molecule has 0 bridgehead atoms. The van der Waals surface area contributed by atoms with E-state index in [1.807, 2.05) is 0 Å². The topological polar surface area (TPSA) is 26.3 Å². The zero-order chi connectivity index (χ0) is 18.1. The summed E-state index contributed by atoms with van der Waals surface area (Å²) in [5.41, 5.74) is 1.80. The molecular formula is C21H38O2Si. The van der Waals surface area contributed by atoms with E-state index in [0.717, 1.165) is 6.42 Å². The molecule has 2 rings (SSSR count). The smallest absolute Gasteiger partial charge is 0.200 e. The summed E-state index contributed by atoms with van der Waals surface area (Å²) in [6, 6.07) is 0. The Labute approximate surface area is 150 Å². The first-order valence-electron chi connectivity index (χ1n) is 10.1. The minimum atomic E-state index is -1.90. The number of fused-ring (bicyclic) bond motifs is 1. The maximum Gasteiger partial charge on any atom is 0.200 e. The molecule has 2 nitrogen and oxygen atoms in total. The van der Waals surface area contributed by atoms with Crippen LogP contribution in [0.4, 0.5) is 0 Å². The molecule has 0 unspecified atom stereocenters. The van der Waals surface area contributed by atoms with Crippen molar-refractivity contribution in [2.45, 2.75) is 90.5 Å². The van der Waals surface area contributed by atoms with Gasteiger partial charge in [-0.2, -0.15) is 0 Å². The van der Waals surface area contributed by atoms with Gasteiger partial charge in [-0.05, 0) is 41.3 Å². The van der Waals surface area contributed by atoms with E-state index < -0.39 is 8.32 Å². The van der Waals surface area contributed by atoms with Gasteiger partial charge in [-0.25, -0.2) is 0 Å². The quantitative estimate of drug-likeness (QED) is 0.334. The van der Waals surface area contributed by atoms with Crippen molar-refractivity contribution in [2.24, 2.45) is 23.7 Å². The SMILES string of the molecule is CC(C)[Si](O[C@H]1CCC[C@@H]2C=C[C@H](C)[C@@H](C=O)[C@@H]12)(C(C)C)C(C)C. The van der Waals surface area contributed by atoms with Crippen molar-refractivity contribution < 1.29 is 9.22 Å². The standard InChI is InChI=1S/C21H38O2Si/c1-14(2)24(15(3)4,16(5)6)23-20-10-8-9-18-12-11-17(7)19(13-22)21(18)20/h11-21H,8-10H2,1-7H3/t17-,18+,19+,20-,21-/m0/s1. The minimum Gasteiger partial charge on any atom is -0.413 e. The summed E-state index contributed by atoms with van der Waals surface area (Å²) in [5.74, 6) is 1.40. The van der Waals surface area contributed by atoms with Crippen LogP contribution in [-0.4, -0.2) is 20.7 Å². The Balaban J connectivity index is 2.35. The molecule has 0 aromatic heterocycles. The monoisotopic (exact) mass is 350 g/mol. The third kappa shape index (κ3) is 3.44. The summed E-state index contributed by atoms with van der Waals surface area (Å²) < 4.78 is 7.16. The van der Waals surface area contributed by atoms with Gasteiger partial charge in [0.1, 0.15) is 6.29 Å². The lowest BCUT2D eigenvalue weighted by Gasteiger charge is -2.51. The van der Waals surface area contributed by atoms with Crippen LogP contribution in [0.1, 0.15) is 67.7 Å².